The van der Waals surface area contributed by atoms with Crippen molar-refractivity contribution in [2.45, 2.75) is 39.2 Å². The van der Waals surface area contributed by atoms with Gasteiger partial charge in [-0.15, -0.1) is 0 Å². The Morgan fingerprint density at radius 2 is 2.24 bits per heavy atom. The van der Waals surface area contributed by atoms with E-state index in [9.17, 15) is 9.90 Å². The first kappa shape index (κ1) is 12.1. The number of aromatic nitrogens is 2. The molecule has 1 aromatic rings. The van der Waals surface area contributed by atoms with E-state index in [1.54, 1.807) is 11.8 Å². The first-order valence-corrected chi connectivity index (χ1v) is 5.94. The van der Waals surface area contributed by atoms with Gasteiger partial charge in [0, 0.05) is 18.8 Å². The third-order valence-electron chi connectivity index (χ3n) is 3.30. The van der Waals surface area contributed by atoms with Crippen LogP contribution >= 0.6 is 0 Å². The SMILES string of the molecule is Cc1n[nH]c(C)c1C(=O)N1CCCC(C)(O)C1. The van der Waals surface area contributed by atoms with E-state index in [0.717, 1.165) is 24.2 Å². The number of amides is 1. The molecule has 2 N–H and O–H groups in total. The van der Waals surface area contributed by atoms with E-state index >= 15 is 0 Å². The monoisotopic (exact) mass is 237 g/mol. The van der Waals surface area contributed by atoms with Crippen LogP contribution in [-0.4, -0.2) is 44.8 Å². The highest BCUT2D eigenvalue weighted by molar-refractivity contribution is 5.96. The van der Waals surface area contributed by atoms with E-state index in [2.05, 4.69) is 10.2 Å². The standard InChI is InChI=1S/C12H19N3O2/c1-8-10(9(2)14-13-8)11(16)15-6-4-5-12(3,17)7-15/h17H,4-7H2,1-3H3,(H,13,14). The molecule has 2 heterocycles. The molecule has 17 heavy (non-hydrogen) atoms. The van der Waals surface area contributed by atoms with Crippen LogP contribution in [0.25, 0.3) is 0 Å². The molecule has 94 valence electrons. The van der Waals surface area contributed by atoms with Crippen molar-refractivity contribution in [1.82, 2.24) is 15.1 Å². The lowest BCUT2D eigenvalue weighted by Gasteiger charge is -2.36. The van der Waals surface area contributed by atoms with Crippen LogP contribution in [0.1, 0.15) is 41.5 Å². The lowest BCUT2D eigenvalue weighted by atomic mass is 9.94. The largest absolute Gasteiger partial charge is 0.388 e. The second-order valence-corrected chi connectivity index (χ2v) is 5.14. The number of aryl methyl sites for hydroxylation is 2. The number of aliphatic hydroxyl groups is 1. The number of aromatic amines is 1. The van der Waals surface area contributed by atoms with Crippen molar-refractivity contribution in [2.75, 3.05) is 13.1 Å². The van der Waals surface area contributed by atoms with Crippen molar-refractivity contribution in [2.24, 2.45) is 0 Å². The van der Waals surface area contributed by atoms with Gasteiger partial charge in [-0.1, -0.05) is 0 Å². The summed E-state index contributed by atoms with van der Waals surface area (Å²) < 4.78 is 0. The molecule has 1 atom stereocenters. The number of carbonyl (C=O) groups is 1. The van der Waals surface area contributed by atoms with Crippen LogP contribution in [0.2, 0.25) is 0 Å². The van der Waals surface area contributed by atoms with Crippen molar-refractivity contribution in [3.63, 3.8) is 0 Å². The van der Waals surface area contributed by atoms with E-state index in [1.165, 1.54) is 0 Å². The van der Waals surface area contributed by atoms with Crippen LogP contribution in [0.4, 0.5) is 0 Å². The number of nitrogens with zero attached hydrogens (tertiary/aromatic N) is 2. The van der Waals surface area contributed by atoms with Crippen LogP contribution in [-0.2, 0) is 0 Å². The van der Waals surface area contributed by atoms with Crippen molar-refractivity contribution in [3.05, 3.63) is 17.0 Å². The number of likely N-dealkylation sites (tertiary alicyclic amines) is 1. The van der Waals surface area contributed by atoms with Gasteiger partial charge < -0.3 is 10.0 Å². The van der Waals surface area contributed by atoms with Crippen LogP contribution < -0.4 is 0 Å². The third kappa shape index (κ3) is 2.34. The Bertz CT molecular complexity index is 417. The maximum absolute atomic E-state index is 12.3. The van der Waals surface area contributed by atoms with Crippen LogP contribution in [0.3, 0.4) is 0 Å². The van der Waals surface area contributed by atoms with Crippen molar-refractivity contribution < 1.29 is 9.90 Å². The number of piperidine rings is 1. The minimum Gasteiger partial charge on any atom is -0.388 e. The molecule has 1 aromatic heterocycles. The first-order chi connectivity index (χ1) is 7.91. The summed E-state index contributed by atoms with van der Waals surface area (Å²) in [5.41, 5.74) is 1.39. The maximum Gasteiger partial charge on any atom is 0.257 e. The highest BCUT2D eigenvalue weighted by Crippen LogP contribution is 2.23. The predicted molar refractivity (Wildman–Crippen MR) is 63.8 cm³/mol. The van der Waals surface area contributed by atoms with E-state index < -0.39 is 5.60 Å². The van der Waals surface area contributed by atoms with Gasteiger partial charge in [-0.3, -0.25) is 9.89 Å². The number of H-pyrrole nitrogens is 1. The summed E-state index contributed by atoms with van der Waals surface area (Å²) >= 11 is 0. The fourth-order valence-electron chi connectivity index (χ4n) is 2.42. The number of rotatable bonds is 1. The molecule has 5 heteroatoms. The van der Waals surface area contributed by atoms with Crippen LogP contribution in [0.5, 0.6) is 0 Å². The van der Waals surface area contributed by atoms with E-state index in [-0.39, 0.29) is 5.91 Å². The summed E-state index contributed by atoms with van der Waals surface area (Å²) in [5.74, 6) is -0.0336. The van der Waals surface area contributed by atoms with E-state index in [0.29, 0.717) is 18.7 Å². The molecule has 1 unspecified atom stereocenters. The Kier molecular flexibility index (Phi) is 2.95. The molecule has 2 rings (SSSR count). The molecular weight excluding hydrogens is 218 g/mol. The molecule has 1 fully saturated rings. The Balaban J connectivity index is 2.21. The number of hydrogen-bond donors (Lipinski definition) is 2. The highest BCUT2D eigenvalue weighted by atomic mass is 16.3. The summed E-state index contributed by atoms with van der Waals surface area (Å²) in [4.78, 5) is 14.1. The van der Waals surface area contributed by atoms with E-state index in [4.69, 9.17) is 0 Å². The fraction of sp³-hybridized carbons (Fsp3) is 0.667. The van der Waals surface area contributed by atoms with Crippen molar-refractivity contribution >= 4 is 5.91 Å². The average molecular weight is 237 g/mol. The summed E-state index contributed by atoms with van der Waals surface area (Å²) in [6, 6.07) is 0. The Labute approximate surface area is 101 Å². The minimum atomic E-state index is -0.764. The maximum atomic E-state index is 12.3. The molecule has 0 aromatic carbocycles. The zero-order valence-corrected chi connectivity index (χ0v) is 10.6. The van der Waals surface area contributed by atoms with Crippen molar-refractivity contribution in [3.8, 4) is 0 Å². The molecule has 1 aliphatic heterocycles. The molecule has 0 spiro atoms. The van der Waals surface area contributed by atoms with Gasteiger partial charge in [0.2, 0.25) is 0 Å². The molecule has 0 saturated carbocycles. The van der Waals surface area contributed by atoms with Gasteiger partial charge >= 0.3 is 0 Å². The number of carbonyl (C=O) groups excluding carboxylic acids is 1. The third-order valence-corrected chi connectivity index (χ3v) is 3.30. The van der Waals surface area contributed by atoms with Crippen molar-refractivity contribution in [1.29, 1.82) is 0 Å². The number of β-amino-alcohol motifs (C(OH)–C–C–N with tert-alkyl or cyclic N) is 1. The zero-order chi connectivity index (χ0) is 12.6. The molecule has 5 nitrogen and oxygen atoms in total. The molecule has 0 aliphatic carbocycles. The second kappa shape index (κ2) is 4.14. The van der Waals surface area contributed by atoms with Gasteiger partial charge in [0.1, 0.15) is 0 Å². The topological polar surface area (TPSA) is 69.2 Å². The lowest BCUT2D eigenvalue weighted by molar-refractivity contribution is -0.0108. The summed E-state index contributed by atoms with van der Waals surface area (Å²) in [6.45, 7) is 6.55. The zero-order valence-electron chi connectivity index (χ0n) is 10.6. The van der Waals surface area contributed by atoms with Gasteiger partial charge in [0.05, 0.1) is 16.9 Å². The quantitative estimate of drug-likeness (QED) is 0.766. The Morgan fingerprint density at radius 1 is 1.53 bits per heavy atom. The normalized spacial score (nSPS) is 25.1. The molecule has 1 amide bonds. The van der Waals surface area contributed by atoms with Gasteiger partial charge in [-0.05, 0) is 33.6 Å². The summed E-state index contributed by atoms with van der Waals surface area (Å²) in [5, 5.41) is 16.9. The number of nitrogens with one attached hydrogen (secondary N) is 1. The molecule has 1 aliphatic rings. The molecular formula is C12H19N3O2. The smallest absolute Gasteiger partial charge is 0.257 e. The lowest BCUT2D eigenvalue weighted by Crippen LogP contribution is -2.48. The highest BCUT2D eigenvalue weighted by Gasteiger charge is 2.32. The minimum absolute atomic E-state index is 0.0336. The molecule has 0 bridgehead atoms. The predicted octanol–water partition coefficient (Wildman–Crippen LogP) is 1.01. The molecule has 1 saturated heterocycles. The van der Waals surface area contributed by atoms with Crippen LogP contribution in [0.15, 0.2) is 0 Å². The summed E-state index contributed by atoms with van der Waals surface area (Å²) in [6.07, 6.45) is 1.59. The summed E-state index contributed by atoms with van der Waals surface area (Å²) in [7, 11) is 0. The number of hydrogen-bond acceptors (Lipinski definition) is 3. The van der Waals surface area contributed by atoms with Crippen LogP contribution in [0, 0.1) is 13.8 Å². The Morgan fingerprint density at radius 3 is 2.76 bits per heavy atom. The Hall–Kier alpha value is -1.36. The van der Waals surface area contributed by atoms with Gasteiger partial charge in [-0.25, -0.2) is 0 Å². The fourth-order valence-corrected chi connectivity index (χ4v) is 2.42. The first-order valence-electron chi connectivity index (χ1n) is 5.94. The second-order valence-electron chi connectivity index (χ2n) is 5.14. The van der Waals surface area contributed by atoms with Gasteiger partial charge in [0.25, 0.3) is 5.91 Å². The van der Waals surface area contributed by atoms with Gasteiger partial charge in [-0.2, -0.15) is 5.10 Å². The average Bonchev–Trinajstić information content (AvgIpc) is 2.56. The van der Waals surface area contributed by atoms with E-state index in [1.807, 2.05) is 13.8 Å². The molecule has 0 radical (unpaired) electrons. The van der Waals surface area contributed by atoms with Gasteiger partial charge in [0.15, 0.2) is 0 Å².